The predicted octanol–water partition coefficient (Wildman–Crippen LogP) is 2.31. The van der Waals surface area contributed by atoms with E-state index in [9.17, 15) is 4.79 Å². The van der Waals surface area contributed by atoms with E-state index in [1.165, 1.54) is 10.9 Å². The van der Waals surface area contributed by atoms with Crippen molar-refractivity contribution in [3.63, 3.8) is 0 Å². The molecule has 1 aliphatic carbocycles. The Morgan fingerprint density at radius 3 is 3.00 bits per heavy atom. The quantitative estimate of drug-likeness (QED) is 0.708. The lowest BCUT2D eigenvalue weighted by Crippen LogP contribution is -2.60. The molecule has 3 atom stereocenters. The van der Waals surface area contributed by atoms with Crippen LogP contribution in [-0.4, -0.2) is 67.8 Å². The molecular weight excluding hydrogens is 376 g/mol. The molecule has 3 aliphatic rings. The Kier molecular flexibility index (Phi) is 5.81. The summed E-state index contributed by atoms with van der Waals surface area (Å²) in [5, 5.41) is 8.10. The molecule has 1 amide bonds. The van der Waals surface area contributed by atoms with E-state index >= 15 is 0 Å². The van der Waals surface area contributed by atoms with Crippen molar-refractivity contribution in [1.82, 2.24) is 20.5 Å². The molecule has 30 heavy (non-hydrogen) atoms. The number of piperidine rings is 1. The number of H-pyrrole nitrogens is 1. The molecule has 1 aromatic heterocycles. The molecule has 6 nitrogen and oxygen atoms in total. The molecule has 162 valence electrons. The topological polar surface area (TPSA) is 69.4 Å². The molecule has 2 aliphatic heterocycles. The SMILES string of the molecule is O=C(NCCc1c[nH]c2ccccc12)[C@@]12CC[C@H](N3CCOCC3)C[C@H]1CCNC2. The number of hydrogen-bond acceptors (Lipinski definition) is 4. The van der Waals surface area contributed by atoms with Crippen molar-refractivity contribution in [2.24, 2.45) is 11.3 Å². The van der Waals surface area contributed by atoms with Gasteiger partial charge in [0.2, 0.25) is 5.91 Å². The lowest BCUT2D eigenvalue weighted by Gasteiger charge is -2.50. The van der Waals surface area contributed by atoms with E-state index in [0.717, 1.165) is 77.0 Å². The van der Waals surface area contributed by atoms with Gasteiger partial charge in [-0.15, -0.1) is 0 Å². The summed E-state index contributed by atoms with van der Waals surface area (Å²) in [6.07, 6.45) is 7.31. The number of carbonyl (C=O) groups excluding carboxylic acids is 1. The lowest BCUT2D eigenvalue weighted by atomic mass is 9.61. The first-order valence-electron chi connectivity index (χ1n) is 11.6. The highest BCUT2D eigenvalue weighted by Crippen LogP contribution is 2.46. The van der Waals surface area contributed by atoms with Gasteiger partial charge in [-0.2, -0.15) is 0 Å². The molecule has 3 N–H and O–H groups in total. The molecule has 0 unspecified atom stereocenters. The van der Waals surface area contributed by atoms with Gasteiger partial charge in [0.1, 0.15) is 0 Å². The first-order chi connectivity index (χ1) is 14.8. The van der Waals surface area contributed by atoms with Gasteiger partial charge in [-0.1, -0.05) is 18.2 Å². The van der Waals surface area contributed by atoms with Crippen molar-refractivity contribution in [2.75, 3.05) is 45.9 Å². The van der Waals surface area contributed by atoms with Gasteiger partial charge in [-0.3, -0.25) is 9.69 Å². The monoisotopic (exact) mass is 410 g/mol. The van der Waals surface area contributed by atoms with Crippen LogP contribution >= 0.6 is 0 Å². The number of aromatic amines is 1. The third-order valence-electron chi connectivity index (χ3n) is 7.74. The second-order valence-electron chi connectivity index (χ2n) is 9.26. The average Bonchev–Trinajstić information content (AvgIpc) is 3.22. The summed E-state index contributed by atoms with van der Waals surface area (Å²) >= 11 is 0. The zero-order valence-electron chi connectivity index (χ0n) is 17.8. The van der Waals surface area contributed by atoms with Gasteiger partial charge >= 0.3 is 0 Å². The zero-order chi connectivity index (χ0) is 20.4. The number of ether oxygens (including phenoxy) is 1. The summed E-state index contributed by atoms with van der Waals surface area (Å²) in [5.74, 6) is 0.744. The molecule has 5 rings (SSSR count). The Balaban J connectivity index is 1.22. The van der Waals surface area contributed by atoms with Crippen LogP contribution in [-0.2, 0) is 16.0 Å². The number of rotatable bonds is 5. The largest absolute Gasteiger partial charge is 0.379 e. The maximum Gasteiger partial charge on any atom is 0.227 e. The molecule has 2 saturated heterocycles. The van der Waals surface area contributed by atoms with E-state index < -0.39 is 0 Å². The van der Waals surface area contributed by atoms with E-state index in [1.807, 2.05) is 6.07 Å². The fourth-order valence-electron chi connectivity index (χ4n) is 5.99. The average molecular weight is 411 g/mol. The third-order valence-corrected chi connectivity index (χ3v) is 7.74. The molecule has 3 heterocycles. The summed E-state index contributed by atoms with van der Waals surface area (Å²) in [4.78, 5) is 19.4. The minimum absolute atomic E-state index is 0.235. The van der Waals surface area contributed by atoms with Gasteiger partial charge < -0.3 is 20.4 Å². The molecule has 3 fully saturated rings. The molecular formula is C24H34N4O2. The second-order valence-corrected chi connectivity index (χ2v) is 9.26. The highest BCUT2D eigenvalue weighted by atomic mass is 16.5. The standard InChI is InChI=1S/C24H34N4O2/c29-23(26-10-6-18-16-27-22-4-2-1-3-21(18)22)24-8-5-20(28-11-13-30-14-12-28)15-19(24)7-9-25-17-24/h1-4,16,19-20,25,27H,5-15,17H2,(H,26,29)/t19-,20+,24-/m1/s1. The van der Waals surface area contributed by atoms with Crippen molar-refractivity contribution in [1.29, 1.82) is 0 Å². The number of nitrogens with one attached hydrogen (secondary N) is 3. The van der Waals surface area contributed by atoms with E-state index in [0.29, 0.717) is 18.5 Å². The second kappa shape index (κ2) is 8.69. The number of hydrogen-bond donors (Lipinski definition) is 3. The molecule has 0 radical (unpaired) electrons. The molecule has 0 spiro atoms. The van der Waals surface area contributed by atoms with Crippen molar-refractivity contribution in [3.05, 3.63) is 36.0 Å². The fraction of sp³-hybridized carbons (Fsp3) is 0.625. The summed E-state index contributed by atoms with van der Waals surface area (Å²) < 4.78 is 5.54. The van der Waals surface area contributed by atoms with E-state index in [4.69, 9.17) is 4.74 Å². The lowest BCUT2D eigenvalue weighted by molar-refractivity contribution is -0.140. The van der Waals surface area contributed by atoms with Crippen LogP contribution < -0.4 is 10.6 Å². The van der Waals surface area contributed by atoms with Crippen LogP contribution in [0.25, 0.3) is 10.9 Å². The fourth-order valence-corrected chi connectivity index (χ4v) is 5.99. The molecule has 0 bridgehead atoms. The van der Waals surface area contributed by atoms with Crippen molar-refractivity contribution in [2.45, 2.75) is 38.1 Å². The molecule has 6 heteroatoms. The Hall–Kier alpha value is -1.89. The van der Waals surface area contributed by atoms with Gasteiger partial charge in [0.15, 0.2) is 0 Å². The van der Waals surface area contributed by atoms with Gasteiger partial charge in [0.05, 0.1) is 18.6 Å². The van der Waals surface area contributed by atoms with Crippen molar-refractivity contribution < 1.29 is 9.53 Å². The highest BCUT2D eigenvalue weighted by molar-refractivity contribution is 5.84. The Morgan fingerprint density at radius 2 is 2.10 bits per heavy atom. The maximum absolute atomic E-state index is 13.4. The number of para-hydroxylation sites is 1. The summed E-state index contributed by atoms with van der Waals surface area (Å²) in [6.45, 7) is 6.34. The van der Waals surface area contributed by atoms with Crippen LogP contribution in [0, 0.1) is 11.3 Å². The summed E-state index contributed by atoms with van der Waals surface area (Å²) in [7, 11) is 0. The van der Waals surface area contributed by atoms with Gasteiger partial charge in [0, 0.05) is 49.3 Å². The number of benzene rings is 1. The predicted molar refractivity (Wildman–Crippen MR) is 118 cm³/mol. The van der Waals surface area contributed by atoms with Gasteiger partial charge in [0.25, 0.3) is 0 Å². The number of aromatic nitrogens is 1. The number of nitrogens with zero attached hydrogens (tertiary/aromatic N) is 1. The Morgan fingerprint density at radius 1 is 1.23 bits per heavy atom. The van der Waals surface area contributed by atoms with E-state index in [1.54, 1.807) is 0 Å². The minimum atomic E-state index is -0.235. The van der Waals surface area contributed by atoms with E-state index in [-0.39, 0.29) is 11.3 Å². The molecule has 1 aromatic carbocycles. The molecule has 2 aromatic rings. The smallest absolute Gasteiger partial charge is 0.227 e. The first-order valence-corrected chi connectivity index (χ1v) is 11.6. The number of fused-ring (bicyclic) bond motifs is 2. The number of morpholine rings is 1. The zero-order valence-corrected chi connectivity index (χ0v) is 17.8. The van der Waals surface area contributed by atoms with Crippen molar-refractivity contribution in [3.8, 4) is 0 Å². The molecule has 1 saturated carbocycles. The normalized spacial score (nSPS) is 30.1. The highest BCUT2D eigenvalue weighted by Gasteiger charge is 2.50. The van der Waals surface area contributed by atoms with Crippen LogP contribution in [0.4, 0.5) is 0 Å². The Bertz CT molecular complexity index is 875. The maximum atomic E-state index is 13.4. The van der Waals surface area contributed by atoms with Crippen LogP contribution in [0.15, 0.2) is 30.5 Å². The first kappa shape index (κ1) is 20.0. The minimum Gasteiger partial charge on any atom is -0.379 e. The van der Waals surface area contributed by atoms with Crippen LogP contribution in [0.5, 0.6) is 0 Å². The van der Waals surface area contributed by atoms with E-state index in [2.05, 4.69) is 44.9 Å². The van der Waals surface area contributed by atoms with Gasteiger partial charge in [-0.25, -0.2) is 0 Å². The number of amides is 1. The number of carbonyl (C=O) groups is 1. The summed E-state index contributed by atoms with van der Waals surface area (Å²) in [5.41, 5.74) is 2.20. The van der Waals surface area contributed by atoms with Crippen LogP contribution in [0.2, 0.25) is 0 Å². The van der Waals surface area contributed by atoms with Gasteiger partial charge in [-0.05, 0) is 56.2 Å². The third kappa shape index (κ3) is 3.77. The van der Waals surface area contributed by atoms with Crippen LogP contribution in [0.1, 0.15) is 31.2 Å². The van der Waals surface area contributed by atoms with Crippen molar-refractivity contribution >= 4 is 16.8 Å². The van der Waals surface area contributed by atoms with Crippen LogP contribution in [0.3, 0.4) is 0 Å². The summed E-state index contributed by atoms with van der Waals surface area (Å²) in [6, 6.07) is 8.98. The Labute approximate surface area is 178 Å².